The summed E-state index contributed by atoms with van der Waals surface area (Å²) < 4.78 is 6.49. The van der Waals surface area contributed by atoms with Crippen molar-refractivity contribution >= 4 is 28.6 Å². The van der Waals surface area contributed by atoms with Crippen molar-refractivity contribution in [1.29, 1.82) is 0 Å². The van der Waals surface area contributed by atoms with E-state index >= 15 is 0 Å². The third kappa shape index (κ3) is 3.57. The first-order valence-corrected chi connectivity index (χ1v) is 8.51. The second kappa shape index (κ2) is 7.41. The van der Waals surface area contributed by atoms with Gasteiger partial charge in [0.1, 0.15) is 5.56 Å². The standard InChI is InChI=1S/C20H20N4O3/c1-5-27-20(26)15-11-21-24(18(15)23-19(25)12(2)3)17-10-13(4)14-8-6-7-9-16(14)22-17/h6-11H,2,5H2,1,3-4H3,(H,23,25). The summed E-state index contributed by atoms with van der Waals surface area (Å²) in [6.45, 7) is 9.10. The zero-order chi connectivity index (χ0) is 19.6. The van der Waals surface area contributed by atoms with E-state index in [0.29, 0.717) is 11.4 Å². The molecular formula is C20H20N4O3. The van der Waals surface area contributed by atoms with Crippen LogP contribution in [0, 0.1) is 6.92 Å². The van der Waals surface area contributed by atoms with Crippen LogP contribution >= 0.6 is 0 Å². The molecule has 1 N–H and O–H groups in total. The lowest BCUT2D eigenvalue weighted by Gasteiger charge is -2.12. The highest BCUT2D eigenvalue weighted by molar-refractivity contribution is 6.06. The summed E-state index contributed by atoms with van der Waals surface area (Å²) in [5, 5.41) is 7.96. The third-order valence-corrected chi connectivity index (χ3v) is 4.01. The fourth-order valence-electron chi connectivity index (χ4n) is 2.66. The van der Waals surface area contributed by atoms with Gasteiger partial charge in [-0.25, -0.2) is 9.78 Å². The number of hydrogen-bond donors (Lipinski definition) is 1. The molecule has 0 aliphatic rings. The van der Waals surface area contributed by atoms with E-state index in [1.54, 1.807) is 13.8 Å². The van der Waals surface area contributed by atoms with Crippen LogP contribution in [-0.2, 0) is 9.53 Å². The van der Waals surface area contributed by atoms with Gasteiger partial charge in [-0.2, -0.15) is 9.78 Å². The maximum absolute atomic E-state index is 12.3. The summed E-state index contributed by atoms with van der Waals surface area (Å²) in [6.07, 6.45) is 1.36. The van der Waals surface area contributed by atoms with Gasteiger partial charge in [0.05, 0.1) is 18.3 Å². The number of anilines is 1. The Bertz CT molecular complexity index is 1050. The molecule has 2 aromatic heterocycles. The van der Waals surface area contributed by atoms with Crippen LogP contribution < -0.4 is 5.32 Å². The van der Waals surface area contributed by atoms with Gasteiger partial charge >= 0.3 is 5.97 Å². The SMILES string of the molecule is C=C(C)C(=O)Nc1c(C(=O)OCC)cnn1-c1cc(C)c2ccccc2n1. The van der Waals surface area contributed by atoms with Gasteiger partial charge < -0.3 is 10.1 Å². The molecule has 0 saturated heterocycles. The van der Waals surface area contributed by atoms with Crippen LogP contribution in [0.15, 0.2) is 48.7 Å². The zero-order valence-electron chi connectivity index (χ0n) is 15.4. The van der Waals surface area contributed by atoms with Crippen molar-refractivity contribution in [3.8, 4) is 5.82 Å². The number of benzene rings is 1. The summed E-state index contributed by atoms with van der Waals surface area (Å²) in [5.41, 5.74) is 2.25. The van der Waals surface area contributed by atoms with Gasteiger partial charge in [0.15, 0.2) is 11.6 Å². The molecule has 7 nitrogen and oxygen atoms in total. The molecule has 7 heteroatoms. The third-order valence-electron chi connectivity index (χ3n) is 4.01. The Labute approximate surface area is 156 Å². The van der Waals surface area contributed by atoms with E-state index in [1.165, 1.54) is 10.9 Å². The van der Waals surface area contributed by atoms with Gasteiger partial charge in [-0.15, -0.1) is 0 Å². The van der Waals surface area contributed by atoms with E-state index in [9.17, 15) is 9.59 Å². The molecule has 1 aromatic carbocycles. The smallest absolute Gasteiger partial charge is 0.343 e. The molecule has 0 aliphatic carbocycles. The molecular weight excluding hydrogens is 344 g/mol. The number of hydrogen-bond acceptors (Lipinski definition) is 5. The number of ether oxygens (including phenoxy) is 1. The second-order valence-electron chi connectivity index (χ2n) is 6.09. The maximum atomic E-state index is 12.3. The van der Waals surface area contributed by atoms with Crippen molar-refractivity contribution in [2.45, 2.75) is 20.8 Å². The molecule has 0 unspecified atom stereocenters. The number of aromatic nitrogens is 3. The van der Waals surface area contributed by atoms with Crippen molar-refractivity contribution in [3.63, 3.8) is 0 Å². The minimum Gasteiger partial charge on any atom is -0.462 e. The van der Waals surface area contributed by atoms with Crippen molar-refractivity contribution in [3.05, 3.63) is 59.8 Å². The number of carbonyl (C=O) groups excluding carboxylic acids is 2. The second-order valence-corrected chi connectivity index (χ2v) is 6.09. The first-order chi connectivity index (χ1) is 12.9. The molecule has 0 radical (unpaired) electrons. The molecule has 1 amide bonds. The quantitative estimate of drug-likeness (QED) is 0.554. The predicted molar refractivity (Wildman–Crippen MR) is 103 cm³/mol. The Balaban J connectivity index is 2.16. The number of nitrogens with one attached hydrogen (secondary N) is 1. The van der Waals surface area contributed by atoms with Crippen LogP contribution in [0.4, 0.5) is 5.82 Å². The normalized spacial score (nSPS) is 10.6. The average Bonchev–Trinajstić information content (AvgIpc) is 3.05. The highest BCUT2D eigenvalue weighted by Crippen LogP contribution is 2.24. The molecule has 0 saturated carbocycles. The molecule has 3 aromatic rings. The Morgan fingerprint density at radius 3 is 2.74 bits per heavy atom. The molecule has 0 atom stereocenters. The zero-order valence-corrected chi connectivity index (χ0v) is 15.4. The minimum absolute atomic E-state index is 0.152. The number of aryl methyl sites for hydroxylation is 1. The maximum Gasteiger partial charge on any atom is 0.343 e. The largest absolute Gasteiger partial charge is 0.462 e. The van der Waals surface area contributed by atoms with Crippen molar-refractivity contribution in [2.24, 2.45) is 0 Å². The lowest BCUT2D eigenvalue weighted by atomic mass is 10.1. The molecule has 0 spiro atoms. The van der Waals surface area contributed by atoms with Crippen LogP contribution in [-0.4, -0.2) is 33.2 Å². The van der Waals surface area contributed by atoms with E-state index < -0.39 is 11.9 Å². The number of amides is 1. The Kier molecular flexibility index (Phi) is 5.03. The summed E-state index contributed by atoms with van der Waals surface area (Å²) in [4.78, 5) is 29.1. The fraction of sp³-hybridized carbons (Fsp3) is 0.200. The predicted octanol–water partition coefficient (Wildman–Crippen LogP) is 3.42. The molecule has 2 heterocycles. The molecule has 3 rings (SSSR count). The lowest BCUT2D eigenvalue weighted by molar-refractivity contribution is -0.112. The molecule has 27 heavy (non-hydrogen) atoms. The highest BCUT2D eigenvalue weighted by atomic mass is 16.5. The number of rotatable bonds is 5. The van der Waals surface area contributed by atoms with E-state index in [1.807, 2.05) is 37.3 Å². The van der Waals surface area contributed by atoms with Crippen molar-refractivity contribution in [2.75, 3.05) is 11.9 Å². The first kappa shape index (κ1) is 18.3. The number of carbonyl (C=O) groups is 2. The van der Waals surface area contributed by atoms with Gasteiger partial charge in [0.2, 0.25) is 0 Å². The number of esters is 1. The van der Waals surface area contributed by atoms with Gasteiger partial charge in [-0.1, -0.05) is 24.8 Å². The van der Waals surface area contributed by atoms with Crippen LogP contribution in [0.25, 0.3) is 16.7 Å². The monoisotopic (exact) mass is 364 g/mol. The summed E-state index contributed by atoms with van der Waals surface area (Å²) in [7, 11) is 0. The van der Waals surface area contributed by atoms with E-state index in [4.69, 9.17) is 4.74 Å². The summed E-state index contributed by atoms with van der Waals surface area (Å²) in [5.74, 6) is -0.305. The van der Waals surface area contributed by atoms with Gasteiger partial charge in [0.25, 0.3) is 5.91 Å². The number of para-hydroxylation sites is 1. The average molecular weight is 364 g/mol. The van der Waals surface area contributed by atoms with E-state index in [0.717, 1.165) is 16.5 Å². The Hall–Kier alpha value is -3.48. The van der Waals surface area contributed by atoms with E-state index in [2.05, 4.69) is 22.0 Å². The fourth-order valence-corrected chi connectivity index (χ4v) is 2.66. The number of fused-ring (bicyclic) bond motifs is 1. The topological polar surface area (TPSA) is 86.1 Å². The van der Waals surface area contributed by atoms with Crippen LogP contribution in [0.5, 0.6) is 0 Å². The molecule has 138 valence electrons. The number of pyridine rings is 1. The lowest BCUT2D eigenvalue weighted by Crippen LogP contribution is -2.18. The molecule has 0 aliphatic heterocycles. The summed E-state index contributed by atoms with van der Waals surface area (Å²) in [6, 6.07) is 9.57. The van der Waals surface area contributed by atoms with Crippen LogP contribution in [0.1, 0.15) is 29.8 Å². The van der Waals surface area contributed by atoms with E-state index in [-0.39, 0.29) is 18.0 Å². The molecule has 0 fully saturated rings. The van der Waals surface area contributed by atoms with Crippen LogP contribution in [0.3, 0.4) is 0 Å². The van der Waals surface area contributed by atoms with Crippen LogP contribution in [0.2, 0.25) is 0 Å². The first-order valence-electron chi connectivity index (χ1n) is 8.51. The molecule has 0 bridgehead atoms. The van der Waals surface area contributed by atoms with Gasteiger partial charge in [0, 0.05) is 11.0 Å². The highest BCUT2D eigenvalue weighted by Gasteiger charge is 2.22. The minimum atomic E-state index is -0.571. The van der Waals surface area contributed by atoms with Gasteiger partial charge in [-0.3, -0.25) is 4.79 Å². The van der Waals surface area contributed by atoms with Crippen molar-refractivity contribution < 1.29 is 14.3 Å². The summed E-state index contributed by atoms with van der Waals surface area (Å²) >= 11 is 0. The Morgan fingerprint density at radius 2 is 2.04 bits per heavy atom. The van der Waals surface area contributed by atoms with Crippen molar-refractivity contribution in [1.82, 2.24) is 14.8 Å². The Morgan fingerprint density at radius 1 is 1.30 bits per heavy atom. The van der Waals surface area contributed by atoms with Gasteiger partial charge in [-0.05, 0) is 38.5 Å². The number of nitrogens with zero attached hydrogens (tertiary/aromatic N) is 3.